The van der Waals surface area contributed by atoms with Crippen molar-refractivity contribution < 1.29 is 0 Å². The summed E-state index contributed by atoms with van der Waals surface area (Å²) < 4.78 is 0. The first-order valence-corrected chi connectivity index (χ1v) is 7.76. The molecule has 0 aromatic heterocycles. The smallest absolute Gasteiger partial charge is 0.0233 e. The highest BCUT2D eigenvalue weighted by molar-refractivity contribution is 5.22. The Morgan fingerprint density at radius 2 is 2.05 bits per heavy atom. The second-order valence-electron chi connectivity index (χ2n) is 5.92. The van der Waals surface area contributed by atoms with Gasteiger partial charge in [0.15, 0.2) is 0 Å². The molecule has 1 aromatic rings. The van der Waals surface area contributed by atoms with Crippen LogP contribution in [0.4, 0.5) is 0 Å². The fourth-order valence-electron chi connectivity index (χ4n) is 3.05. The molecule has 2 rings (SSSR count). The van der Waals surface area contributed by atoms with E-state index in [2.05, 4.69) is 48.3 Å². The van der Waals surface area contributed by atoms with E-state index in [0.29, 0.717) is 0 Å². The number of nitrogens with zero attached hydrogens (tertiary/aromatic N) is 1. The molecule has 1 aromatic carbocycles. The molecular formula is C17H28N2. The number of rotatable bonds is 6. The van der Waals surface area contributed by atoms with Gasteiger partial charge in [-0.2, -0.15) is 0 Å². The molecule has 1 fully saturated rings. The molecule has 1 N–H and O–H groups in total. The molecule has 1 saturated heterocycles. The summed E-state index contributed by atoms with van der Waals surface area (Å²) in [5.74, 6) is 0.887. The largest absolute Gasteiger partial charge is 0.317 e. The first kappa shape index (κ1) is 14.5. The predicted molar refractivity (Wildman–Crippen MR) is 82.3 cm³/mol. The van der Waals surface area contributed by atoms with Crippen LogP contribution in [0.15, 0.2) is 24.3 Å². The zero-order chi connectivity index (χ0) is 13.5. The van der Waals surface area contributed by atoms with Crippen LogP contribution in [0, 0.1) is 12.8 Å². The Bertz CT molecular complexity index is 369. The third-order valence-corrected chi connectivity index (χ3v) is 4.00. The average Bonchev–Trinajstić information content (AvgIpc) is 2.40. The lowest BCUT2D eigenvalue weighted by atomic mass is 9.97. The minimum absolute atomic E-state index is 0.887. The maximum Gasteiger partial charge on any atom is 0.0233 e. The Morgan fingerprint density at radius 3 is 2.74 bits per heavy atom. The van der Waals surface area contributed by atoms with Crippen molar-refractivity contribution >= 4 is 0 Å². The molecule has 0 saturated carbocycles. The molecule has 0 radical (unpaired) electrons. The standard InChI is InChI=1S/C17H28N2/c1-3-11-19(13-16-7-9-18-10-8-16)14-17-6-4-5-15(2)12-17/h4-6,12,16,18H,3,7-11,13-14H2,1-2H3. The van der Waals surface area contributed by atoms with Gasteiger partial charge in [-0.05, 0) is 57.3 Å². The zero-order valence-electron chi connectivity index (χ0n) is 12.5. The van der Waals surface area contributed by atoms with Crippen molar-refractivity contribution in [3.63, 3.8) is 0 Å². The van der Waals surface area contributed by atoms with Crippen molar-refractivity contribution in [1.29, 1.82) is 0 Å². The highest BCUT2D eigenvalue weighted by Gasteiger charge is 2.16. The van der Waals surface area contributed by atoms with Crippen LogP contribution in [-0.2, 0) is 6.54 Å². The van der Waals surface area contributed by atoms with Crippen LogP contribution in [-0.4, -0.2) is 31.1 Å². The van der Waals surface area contributed by atoms with Crippen molar-refractivity contribution in [2.45, 2.75) is 39.7 Å². The third kappa shape index (κ3) is 4.96. The van der Waals surface area contributed by atoms with Crippen LogP contribution < -0.4 is 5.32 Å². The number of nitrogens with one attached hydrogen (secondary N) is 1. The Morgan fingerprint density at radius 1 is 1.26 bits per heavy atom. The fourth-order valence-corrected chi connectivity index (χ4v) is 3.05. The van der Waals surface area contributed by atoms with Crippen molar-refractivity contribution in [2.24, 2.45) is 5.92 Å². The van der Waals surface area contributed by atoms with Gasteiger partial charge in [0.05, 0.1) is 0 Å². The number of aryl methyl sites for hydroxylation is 1. The van der Waals surface area contributed by atoms with Crippen molar-refractivity contribution in [2.75, 3.05) is 26.2 Å². The van der Waals surface area contributed by atoms with Crippen molar-refractivity contribution in [3.05, 3.63) is 35.4 Å². The quantitative estimate of drug-likeness (QED) is 0.845. The second kappa shape index (κ2) is 7.66. The van der Waals surface area contributed by atoms with Gasteiger partial charge in [0, 0.05) is 13.1 Å². The summed E-state index contributed by atoms with van der Waals surface area (Å²) in [6.07, 6.45) is 3.93. The van der Waals surface area contributed by atoms with Gasteiger partial charge in [-0.3, -0.25) is 4.90 Å². The van der Waals surface area contributed by atoms with E-state index in [1.54, 1.807) is 0 Å². The Labute approximate surface area is 118 Å². The van der Waals surface area contributed by atoms with Crippen LogP contribution in [0.5, 0.6) is 0 Å². The molecule has 0 bridgehead atoms. The highest BCUT2D eigenvalue weighted by Crippen LogP contribution is 2.16. The topological polar surface area (TPSA) is 15.3 Å². The summed E-state index contributed by atoms with van der Waals surface area (Å²) in [7, 11) is 0. The minimum atomic E-state index is 0.887. The van der Waals surface area contributed by atoms with Gasteiger partial charge >= 0.3 is 0 Å². The Kier molecular flexibility index (Phi) is 5.87. The molecule has 0 aliphatic carbocycles. The van der Waals surface area contributed by atoms with E-state index < -0.39 is 0 Å². The van der Waals surface area contributed by atoms with Crippen LogP contribution in [0.2, 0.25) is 0 Å². The zero-order valence-corrected chi connectivity index (χ0v) is 12.5. The van der Waals surface area contributed by atoms with Crippen LogP contribution in [0.1, 0.15) is 37.3 Å². The molecule has 0 spiro atoms. The van der Waals surface area contributed by atoms with E-state index in [0.717, 1.165) is 12.5 Å². The minimum Gasteiger partial charge on any atom is -0.317 e. The maximum absolute atomic E-state index is 3.46. The van der Waals surface area contributed by atoms with E-state index in [9.17, 15) is 0 Å². The first-order valence-electron chi connectivity index (χ1n) is 7.76. The molecule has 19 heavy (non-hydrogen) atoms. The molecule has 1 aliphatic rings. The van der Waals surface area contributed by atoms with Crippen molar-refractivity contribution in [3.8, 4) is 0 Å². The first-order chi connectivity index (χ1) is 9.28. The lowest BCUT2D eigenvalue weighted by molar-refractivity contribution is 0.199. The molecule has 2 nitrogen and oxygen atoms in total. The van der Waals surface area contributed by atoms with Crippen LogP contribution in [0.25, 0.3) is 0 Å². The lowest BCUT2D eigenvalue weighted by Crippen LogP contribution is -2.36. The van der Waals surface area contributed by atoms with Crippen LogP contribution >= 0.6 is 0 Å². The monoisotopic (exact) mass is 260 g/mol. The summed E-state index contributed by atoms with van der Waals surface area (Å²) in [5.41, 5.74) is 2.83. The summed E-state index contributed by atoms with van der Waals surface area (Å²) in [4.78, 5) is 2.64. The number of hydrogen-bond acceptors (Lipinski definition) is 2. The van der Waals surface area contributed by atoms with Gasteiger partial charge in [0.2, 0.25) is 0 Å². The molecule has 1 heterocycles. The van der Waals surface area contributed by atoms with Crippen molar-refractivity contribution in [1.82, 2.24) is 10.2 Å². The summed E-state index contributed by atoms with van der Waals surface area (Å²) >= 11 is 0. The summed E-state index contributed by atoms with van der Waals surface area (Å²) in [5, 5.41) is 3.46. The third-order valence-electron chi connectivity index (χ3n) is 4.00. The highest BCUT2D eigenvalue weighted by atomic mass is 15.1. The van der Waals surface area contributed by atoms with Gasteiger partial charge in [0.1, 0.15) is 0 Å². The summed E-state index contributed by atoms with van der Waals surface area (Å²) in [6.45, 7) is 10.5. The van der Waals surface area contributed by atoms with E-state index in [1.165, 1.54) is 56.6 Å². The molecule has 1 aliphatic heterocycles. The van der Waals surface area contributed by atoms with Gasteiger partial charge in [-0.15, -0.1) is 0 Å². The molecular weight excluding hydrogens is 232 g/mol. The maximum atomic E-state index is 3.46. The number of benzene rings is 1. The van der Waals surface area contributed by atoms with E-state index in [4.69, 9.17) is 0 Å². The fraction of sp³-hybridized carbons (Fsp3) is 0.647. The van der Waals surface area contributed by atoms with Gasteiger partial charge < -0.3 is 5.32 Å². The number of hydrogen-bond donors (Lipinski definition) is 1. The van der Waals surface area contributed by atoms with E-state index >= 15 is 0 Å². The lowest BCUT2D eigenvalue weighted by Gasteiger charge is -2.30. The van der Waals surface area contributed by atoms with E-state index in [1.807, 2.05) is 0 Å². The molecule has 0 unspecified atom stereocenters. The average molecular weight is 260 g/mol. The Balaban J connectivity index is 1.91. The molecule has 0 atom stereocenters. The normalized spacial score (nSPS) is 17.0. The second-order valence-corrected chi connectivity index (χ2v) is 5.92. The van der Waals surface area contributed by atoms with Gasteiger partial charge in [-0.25, -0.2) is 0 Å². The van der Waals surface area contributed by atoms with Crippen LogP contribution in [0.3, 0.4) is 0 Å². The number of piperidine rings is 1. The van der Waals surface area contributed by atoms with E-state index in [-0.39, 0.29) is 0 Å². The Hall–Kier alpha value is -0.860. The SMILES string of the molecule is CCCN(Cc1cccc(C)c1)CC1CCNCC1. The summed E-state index contributed by atoms with van der Waals surface area (Å²) in [6, 6.07) is 8.95. The molecule has 106 valence electrons. The van der Waals surface area contributed by atoms with Gasteiger partial charge in [-0.1, -0.05) is 36.8 Å². The van der Waals surface area contributed by atoms with Gasteiger partial charge in [0.25, 0.3) is 0 Å². The molecule has 0 amide bonds. The predicted octanol–water partition coefficient (Wildman–Crippen LogP) is 3.21. The molecule has 2 heteroatoms.